The van der Waals surface area contributed by atoms with Gasteiger partial charge in [0.1, 0.15) is 0 Å². The van der Waals surface area contributed by atoms with Gasteiger partial charge in [0.05, 0.1) is 0 Å². The van der Waals surface area contributed by atoms with Crippen LogP contribution in [0.25, 0.3) is 0 Å². The first kappa shape index (κ1) is 11.1. The summed E-state index contributed by atoms with van der Waals surface area (Å²) >= 11 is 0. The highest BCUT2D eigenvalue weighted by molar-refractivity contribution is 5.16. The second-order valence-corrected chi connectivity index (χ2v) is 4.70. The standard InChI is InChI=1S/C11H19N3/c1-11(2,3)10(13)9(12)8-5-4-6-14-7-8/h4-7,9-10H,12-13H2,1-3H3/t9-,10+/m0/s1. The zero-order chi connectivity index (χ0) is 10.8. The van der Waals surface area contributed by atoms with Crippen molar-refractivity contribution < 1.29 is 0 Å². The van der Waals surface area contributed by atoms with E-state index in [-0.39, 0.29) is 17.5 Å². The van der Waals surface area contributed by atoms with Gasteiger partial charge in [-0.1, -0.05) is 26.8 Å². The molecule has 3 heteroatoms. The van der Waals surface area contributed by atoms with E-state index in [9.17, 15) is 0 Å². The molecule has 1 heterocycles. The minimum absolute atomic E-state index is 0.00918. The Hall–Kier alpha value is -0.930. The average molecular weight is 193 g/mol. The van der Waals surface area contributed by atoms with Gasteiger partial charge in [0, 0.05) is 24.5 Å². The summed E-state index contributed by atoms with van der Waals surface area (Å²) in [5.74, 6) is 0. The van der Waals surface area contributed by atoms with Gasteiger partial charge in [-0.3, -0.25) is 4.98 Å². The molecule has 0 fully saturated rings. The van der Waals surface area contributed by atoms with Crippen LogP contribution in [0.4, 0.5) is 0 Å². The van der Waals surface area contributed by atoms with E-state index in [1.54, 1.807) is 12.4 Å². The van der Waals surface area contributed by atoms with Crippen LogP contribution in [0.1, 0.15) is 32.4 Å². The van der Waals surface area contributed by atoms with Crippen LogP contribution in [0.3, 0.4) is 0 Å². The third-order valence-corrected chi connectivity index (χ3v) is 2.46. The molecule has 0 saturated heterocycles. The fraction of sp³-hybridized carbons (Fsp3) is 0.545. The summed E-state index contributed by atoms with van der Waals surface area (Å²) in [6.45, 7) is 6.27. The highest BCUT2D eigenvalue weighted by Gasteiger charge is 2.27. The molecular weight excluding hydrogens is 174 g/mol. The Morgan fingerprint density at radius 1 is 1.29 bits per heavy atom. The summed E-state index contributed by atoms with van der Waals surface area (Å²) < 4.78 is 0. The molecule has 78 valence electrons. The fourth-order valence-corrected chi connectivity index (χ4v) is 1.32. The third-order valence-electron chi connectivity index (χ3n) is 2.46. The van der Waals surface area contributed by atoms with Gasteiger partial charge in [0.25, 0.3) is 0 Å². The number of hydrogen-bond acceptors (Lipinski definition) is 3. The Balaban J connectivity index is 2.81. The normalized spacial score (nSPS) is 16.4. The van der Waals surface area contributed by atoms with E-state index >= 15 is 0 Å². The number of nitrogens with zero attached hydrogens (tertiary/aromatic N) is 1. The van der Waals surface area contributed by atoms with Crippen molar-refractivity contribution in [3.63, 3.8) is 0 Å². The minimum atomic E-state index is -0.149. The van der Waals surface area contributed by atoms with Crippen molar-refractivity contribution in [2.24, 2.45) is 16.9 Å². The Labute approximate surface area is 85.5 Å². The van der Waals surface area contributed by atoms with Crippen molar-refractivity contribution >= 4 is 0 Å². The van der Waals surface area contributed by atoms with Crippen LogP contribution in [0.2, 0.25) is 0 Å². The van der Waals surface area contributed by atoms with Crippen molar-refractivity contribution in [1.29, 1.82) is 0 Å². The fourth-order valence-electron chi connectivity index (χ4n) is 1.32. The van der Waals surface area contributed by atoms with E-state index in [1.165, 1.54) is 0 Å². The van der Waals surface area contributed by atoms with Gasteiger partial charge >= 0.3 is 0 Å². The summed E-state index contributed by atoms with van der Waals surface area (Å²) in [5, 5.41) is 0. The first-order valence-corrected chi connectivity index (χ1v) is 4.84. The van der Waals surface area contributed by atoms with Gasteiger partial charge in [-0.15, -0.1) is 0 Å². The molecule has 0 amide bonds. The minimum Gasteiger partial charge on any atom is -0.326 e. The van der Waals surface area contributed by atoms with E-state index in [4.69, 9.17) is 11.5 Å². The molecule has 0 bridgehead atoms. The zero-order valence-electron chi connectivity index (χ0n) is 9.07. The Bertz CT molecular complexity index is 276. The SMILES string of the molecule is CC(C)(C)[C@H](N)[C@@H](N)c1cccnc1. The van der Waals surface area contributed by atoms with Crippen LogP contribution in [-0.4, -0.2) is 11.0 Å². The lowest BCUT2D eigenvalue weighted by Crippen LogP contribution is -2.44. The van der Waals surface area contributed by atoms with E-state index in [1.807, 2.05) is 12.1 Å². The van der Waals surface area contributed by atoms with Gasteiger partial charge in [-0.05, 0) is 17.0 Å². The average Bonchev–Trinajstić information content (AvgIpc) is 2.15. The lowest BCUT2D eigenvalue weighted by molar-refractivity contribution is 0.282. The number of pyridine rings is 1. The molecule has 0 unspecified atom stereocenters. The molecule has 0 aliphatic carbocycles. The molecule has 3 nitrogen and oxygen atoms in total. The molecule has 1 rings (SSSR count). The number of hydrogen-bond donors (Lipinski definition) is 2. The molecule has 4 N–H and O–H groups in total. The van der Waals surface area contributed by atoms with Gasteiger partial charge in [0.2, 0.25) is 0 Å². The molecule has 1 aromatic heterocycles. The maximum Gasteiger partial charge on any atom is 0.0469 e. The molecular formula is C11H19N3. The smallest absolute Gasteiger partial charge is 0.0469 e. The summed E-state index contributed by atoms with van der Waals surface area (Å²) in [6.07, 6.45) is 3.51. The lowest BCUT2D eigenvalue weighted by atomic mass is 9.81. The zero-order valence-corrected chi connectivity index (χ0v) is 9.07. The molecule has 0 aromatic carbocycles. The van der Waals surface area contributed by atoms with Crippen LogP contribution in [0.15, 0.2) is 24.5 Å². The largest absolute Gasteiger partial charge is 0.326 e. The van der Waals surface area contributed by atoms with Crippen LogP contribution >= 0.6 is 0 Å². The van der Waals surface area contributed by atoms with Crippen LogP contribution in [-0.2, 0) is 0 Å². The maximum atomic E-state index is 6.07. The summed E-state index contributed by atoms with van der Waals surface area (Å²) in [7, 11) is 0. The van der Waals surface area contributed by atoms with Crippen LogP contribution in [0, 0.1) is 5.41 Å². The summed E-state index contributed by atoms with van der Waals surface area (Å²) in [6, 6.07) is 3.63. The Morgan fingerprint density at radius 3 is 2.36 bits per heavy atom. The van der Waals surface area contributed by atoms with Gasteiger partial charge < -0.3 is 11.5 Å². The molecule has 1 aromatic rings. The van der Waals surface area contributed by atoms with Crippen molar-refractivity contribution in [2.45, 2.75) is 32.9 Å². The van der Waals surface area contributed by atoms with Crippen LogP contribution in [0.5, 0.6) is 0 Å². The molecule has 0 aliphatic rings. The van der Waals surface area contributed by atoms with Gasteiger partial charge in [-0.25, -0.2) is 0 Å². The second-order valence-electron chi connectivity index (χ2n) is 4.70. The predicted octanol–water partition coefficient (Wildman–Crippen LogP) is 1.45. The van der Waals surface area contributed by atoms with E-state index in [2.05, 4.69) is 25.8 Å². The van der Waals surface area contributed by atoms with E-state index < -0.39 is 0 Å². The number of rotatable bonds is 2. The molecule has 0 radical (unpaired) electrons. The van der Waals surface area contributed by atoms with Gasteiger partial charge in [0.15, 0.2) is 0 Å². The predicted molar refractivity (Wildman–Crippen MR) is 58.6 cm³/mol. The summed E-state index contributed by atoms with van der Waals surface area (Å²) in [5.41, 5.74) is 13.1. The first-order chi connectivity index (χ1) is 6.43. The molecule has 14 heavy (non-hydrogen) atoms. The lowest BCUT2D eigenvalue weighted by Gasteiger charge is -2.32. The van der Waals surface area contributed by atoms with Crippen molar-refractivity contribution in [3.05, 3.63) is 30.1 Å². The highest BCUT2D eigenvalue weighted by atomic mass is 14.8. The van der Waals surface area contributed by atoms with Crippen molar-refractivity contribution in [1.82, 2.24) is 4.98 Å². The topological polar surface area (TPSA) is 64.9 Å². The molecule has 0 aliphatic heterocycles. The Morgan fingerprint density at radius 2 is 1.93 bits per heavy atom. The first-order valence-electron chi connectivity index (χ1n) is 4.84. The number of nitrogens with two attached hydrogens (primary N) is 2. The van der Waals surface area contributed by atoms with Crippen LogP contribution < -0.4 is 11.5 Å². The second kappa shape index (κ2) is 4.07. The maximum absolute atomic E-state index is 6.07. The number of aromatic nitrogens is 1. The quantitative estimate of drug-likeness (QED) is 0.747. The van der Waals surface area contributed by atoms with E-state index in [0.29, 0.717) is 0 Å². The summed E-state index contributed by atoms with van der Waals surface area (Å²) in [4.78, 5) is 4.03. The van der Waals surface area contributed by atoms with Crippen molar-refractivity contribution in [2.75, 3.05) is 0 Å². The molecule has 0 spiro atoms. The van der Waals surface area contributed by atoms with E-state index in [0.717, 1.165) is 5.56 Å². The third kappa shape index (κ3) is 2.53. The van der Waals surface area contributed by atoms with Crippen molar-refractivity contribution in [3.8, 4) is 0 Å². The Kier molecular flexibility index (Phi) is 3.24. The molecule has 0 saturated carbocycles. The van der Waals surface area contributed by atoms with Gasteiger partial charge in [-0.2, -0.15) is 0 Å². The molecule has 2 atom stereocenters. The highest BCUT2D eigenvalue weighted by Crippen LogP contribution is 2.26. The monoisotopic (exact) mass is 193 g/mol.